The lowest BCUT2D eigenvalue weighted by Gasteiger charge is -2.32. The fraction of sp³-hybridized carbons (Fsp3) is 0.412. The van der Waals surface area contributed by atoms with Crippen LogP contribution in [0, 0.1) is 0 Å². The molecule has 1 saturated heterocycles. The second-order valence-corrected chi connectivity index (χ2v) is 8.14. The van der Waals surface area contributed by atoms with Gasteiger partial charge in [-0.15, -0.1) is 0 Å². The molecule has 24 heavy (non-hydrogen) atoms. The van der Waals surface area contributed by atoms with Crippen LogP contribution < -0.4 is 0 Å². The van der Waals surface area contributed by atoms with E-state index in [1.165, 1.54) is 0 Å². The van der Waals surface area contributed by atoms with Crippen LogP contribution in [0.2, 0.25) is 0 Å². The first-order valence-corrected chi connectivity index (χ1v) is 9.76. The van der Waals surface area contributed by atoms with Crippen molar-refractivity contribution in [2.45, 2.75) is 30.1 Å². The van der Waals surface area contributed by atoms with E-state index in [0.717, 1.165) is 18.7 Å². The zero-order chi connectivity index (χ0) is 17.0. The molecule has 2 aromatic rings. The molecule has 1 fully saturated rings. The van der Waals surface area contributed by atoms with E-state index in [0.29, 0.717) is 13.1 Å². The number of nitrogens with one attached hydrogen (secondary N) is 1. The zero-order valence-corrected chi connectivity index (χ0v) is 14.2. The van der Waals surface area contributed by atoms with Gasteiger partial charge in [-0.25, -0.2) is 13.4 Å². The topological polar surface area (TPSA) is 83.1 Å². The van der Waals surface area contributed by atoms with Crippen LogP contribution in [0.25, 0.3) is 0 Å². The molecule has 1 aromatic heterocycles. The second-order valence-electron chi connectivity index (χ2n) is 6.04. The lowest BCUT2D eigenvalue weighted by Crippen LogP contribution is -2.40. The number of aromatic nitrogens is 2. The van der Waals surface area contributed by atoms with Crippen molar-refractivity contribution in [2.24, 2.45) is 0 Å². The molecule has 128 valence electrons. The van der Waals surface area contributed by atoms with Crippen molar-refractivity contribution in [3.63, 3.8) is 0 Å². The van der Waals surface area contributed by atoms with Crippen LogP contribution in [0.1, 0.15) is 31.0 Å². The number of piperidine rings is 1. The number of likely N-dealkylation sites (tertiary alicyclic amines) is 1. The summed E-state index contributed by atoms with van der Waals surface area (Å²) in [6.45, 7) is 1.28. The Labute approximate surface area is 141 Å². The molecule has 0 saturated carbocycles. The molecule has 1 amide bonds. The number of hydrogen-bond acceptors (Lipinski definition) is 4. The summed E-state index contributed by atoms with van der Waals surface area (Å²) in [6.07, 6.45) is 5.40. The molecular formula is C17H21N3O3S. The van der Waals surface area contributed by atoms with Gasteiger partial charge in [0.25, 0.3) is 0 Å². The van der Waals surface area contributed by atoms with Gasteiger partial charge < -0.3 is 9.88 Å². The van der Waals surface area contributed by atoms with Crippen LogP contribution in [-0.4, -0.2) is 48.0 Å². The van der Waals surface area contributed by atoms with Crippen LogP contribution in [-0.2, 0) is 14.6 Å². The number of nitrogens with zero attached hydrogens (tertiary/aromatic N) is 2. The smallest absolute Gasteiger partial charge is 0.223 e. The van der Waals surface area contributed by atoms with Crippen molar-refractivity contribution in [2.75, 3.05) is 18.8 Å². The van der Waals surface area contributed by atoms with E-state index < -0.39 is 9.84 Å². The highest BCUT2D eigenvalue weighted by molar-refractivity contribution is 7.91. The highest BCUT2D eigenvalue weighted by Crippen LogP contribution is 2.24. The summed E-state index contributed by atoms with van der Waals surface area (Å²) in [5.41, 5.74) is 0. The van der Waals surface area contributed by atoms with Crippen molar-refractivity contribution in [1.29, 1.82) is 0 Å². The van der Waals surface area contributed by atoms with Gasteiger partial charge in [-0.2, -0.15) is 0 Å². The predicted octanol–water partition coefficient (Wildman–Crippen LogP) is 1.98. The minimum absolute atomic E-state index is 0.0160. The Kier molecular flexibility index (Phi) is 4.99. The maximum atomic E-state index is 12.4. The van der Waals surface area contributed by atoms with Crippen molar-refractivity contribution >= 4 is 15.7 Å². The fourth-order valence-electron chi connectivity index (χ4n) is 3.05. The van der Waals surface area contributed by atoms with E-state index >= 15 is 0 Å². The summed E-state index contributed by atoms with van der Waals surface area (Å²) in [5, 5.41) is 0. The number of hydrogen-bond donors (Lipinski definition) is 1. The molecule has 1 unspecified atom stereocenters. The summed E-state index contributed by atoms with van der Waals surface area (Å²) >= 11 is 0. The quantitative estimate of drug-likeness (QED) is 0.896. The van der Waals surface area contributed by atoms with E-state index in [1.807, 2.05) is 0 Å². The summed E-state index contributed by atoms with van der Waals surface area (Å²) in [5.74, 6) is 0.830. The molecule has 1 atom stereocenters. The van der Waals surface area contributed by atoms with Crippen molar-refractivity contribution < 1.29 is 13.2 Å². The molecule has 1 aliphatic rings. The Morgan fingerprint density at radius 3 is 2.79 bits per heavy atom. The first-order chi connectivity index (χ1) is 11.6. The standard InChI is InChI=1S/C17H21N3O3S/c21-16(8-12-24(22,23)15-6-2-1-3-7-15)20-11-4-5-14(13-20)17-18-9-10-19-17/h1-3,6-7,9-10,14H,4-5,8,11-13H2,(H,18,19). The number of rotatable bonds is 5. The lowest BCUT2D eigenvalue weighted by atomic mass is 9.97. The maximum absolute atomic E-state index is 12.4. The Hall–Kier alpha value is -2.15. The Morgan fingerprint density at radius 2 is 2.08 bits per heavy atom. The maximum Gasteiger partial charge on any atom is 0.223 e. The number of sulfone groups is 1. The van der Waals surface area contributed by atoms with E-state index in [4.69, 9.17) is 0 Å². The second kappa shape index (κ2) is 7.17. The summed E-state index contributed by atoms with van der Waals surface area (Å²) < 4.78 is 24.6. The van der Waals surface area contributed by atoms with Crippen LogP contribution in [0.5, 0.6) is 0 Å². The van der Waals surface area contributed by atoms with E-state index in [2.05, 4.69) is 9.97 Å². The number of carbonyl (C=O) groups excluding carboxylic acids is 1. The van der Waals surface area contributed by atoms with Gasteiger partial charge in [-0.3, -0.25) is 4.79 Å². The van der Waals surface area contributed by atoms with Gasteiger partial charge in [-0.1, -0.05) is 18.2 Å². The minimum Gasteiger partial charge on any atom is -0.348 e. The first kappa shape index (κ1) is 16.7. The van der Waals surface area contributed by atoms with Gasteiger partial charge in [0.2, 0.25) is 5.91 Å². The molecule has 1 N–H and O–H groups in total. The molecule has 2 heterocycles. The molecular weight excluding hydrogens is 326 g/mol. The minimum atomic E-state index is -3.42. The Balaban J connectivity index is 1.59. The predicted molar refractivity (Wildman–Crippen MR) is 90.3 cm³/mol. The van der Waals surface area contributed by atoms with Crippen LogP contribution in [0.3, 0.4) is 0 Å². The molecule has 3 rings (SSSR count). The van der Waals surface area contributed by atoms with Crippen LogP contribution >= 0.6 is 0 Å². The van der Waals surface area contributed by atoms with Gasteiger partial charge in [0.1, 0.15) is 5.82 Å². The van der Waals surface area contributed by atoms with Gasteiger partial charge in [0, 0.05) is 37.8 Å². The Morgan fingerprint density at radius 1 is 1.29 bits per heavy atom. The number of imidazole rings is 1. The molecule has 1 aromatic carbocycles. The molecule has 1 aliphatic heterocycles. The normalized spacial score (nSPS) is 18.5. The average molecular weight is 347 g/mol. The largest absolute Gasteiger partial charge is 0.348 e. The van der Waals surface area contributed by atoms with Gasteiger partial charge in [-0.05, 0) is 25.0 Å². The third-order valence-corrected chi connectivity index (χ3v) is 6.10. The number of amides is 1. The van der Waals surface area contributed by atoms with Crippen LogP contribution in [0.4, 0.5) is 0 Å². The monoisotopic (exact) mass is 347 g/mol. The van der Waals surface area contributed by atoms with E-state index in [9.17, 15) is 13.2 Å². The SMILES string of the molecule is O=C(CCS(=O)(=O)c1ccccc1)N1CCCC(c2ncc[nH]2)C1. The highest BCUT2D eigenvalue weighted by Gasteiger charge is 2.27. The van der Waals surface area contributed by atoms with Gasteiger partial charge in [0.05, 0.1) is 10.6 Å². The number of carbonyl (C=O) groups is 1. The third kappa shape index (κ3) is 3.84. The van der Waals surface area contributed by atoms with E-state index in [-0.39, 0.29) is 28.9 Å². The molecule has 0 bridgehead atoms. The van der Waals surface area contributed by atoms with Gasteiger partial charge in [0.15, 0.2) is 9.84 Å². The summed E-state index contributed by atoms with van der Waals surface area (Å²) in [6, 6.07) is 8.27. The third-order valence-electron chi connectivity index (χ3n) is 4.37. The van der Waals surface area contributed by atoms with Crippen LogP contribution in [0.15, 0.2) is 47.6 Å². The molecule has 7 heteroatoms. The van der Waals surface area contributed by atoms with Crippen molar-refractivity contribution in [1.82, 2.24) is 14.9 Å². The average Bonchev–Trinajstić information content (AvgIpc) is 3.15. The summed E-state index contributed by atoms with van der Waals surface area (Å²) in [7, 11) is -3.42. The van der Waals surface area contributed by atoms with Gasteiger partial charge >= 0.3 is 0 Å². The summed E-state index contributed by atoms with van der Waals surface area (Å²) in [4.78, 5) is 21.8. The highest BCUT2D eigenvalue weighted by atomic mass is 32.2. The fourth-order valence-corrected chi connectivity index (χ4v) is 4.30. The Bertz CT molecular complexity index is 773. The van der Waals surface area contributed by atoms with Crippen molar-refractivity contribution in [3.05, 3.63) is 48.5 Å². The van der Waals surface area contributed by atoms with E-state index in [1.54, 1.807) is 47.6 Å². The lowest BCUT2D eigenvalue weighted by molar-refractivity contribution is -0.132. The number of benzene rings is 1. The molecule has 0 spiro atoms. The zero-order valence-electron chi connectivity index (χ0n) is 13.4. The van der Waals surface area contributed by atoms with Crippen molar-refractivity contribution in [3.8, 4) is 0 Å². The molecule has 0 aliphatic carbocycles. The number of aromatic amines is 1. The molecule has 0 radical (unpaired) electrons. The first-order valence-electron chi connectivity index (χ1n) is 8.11. The molecule has 6 nitrogen and oxygen atoms in total. The number of H-pyrrole nitrogens is 1.